The van der Waals surface area contributed by atoms with Crippen molar-refractivity contribution in [3.05, 3.63) is 168 Å². The predicted molar refractivity (Wildman–Crippen MR) is 206 cm³/mol. The van der Waals surface area contributed by atoms with Crippen molar-refractivity contribution < 1.29 is 9.59 Å². The summed E-state index contributed by atoms with van der Waals surface area (Å²) in [6, 6.07) is 33.6. The van der Waals surface area contributed by atoms with Crippen molar-refractivity contribution in [3.63, 3.8) is 0 Å². The Morgan fingerprint density at radius 1 is 0.566 bits per heavy atom. The Balaban J connectivity index is 1.19. The van der Waals surface area contributed by atoms with E-state index >= 15 is 0 Å². The van der Waals surface area contributed by atoms with Crippen LogP contribution in [0.3, 0.4) is 0 Å². The van der Waals surface area contributed by atoms with E-state index in [0.717, 1.165) is 9.13 Å². The van der Waals surface area contributed by atoms with Crippen LogP contribution in [0, 0.1) is 0 Å². The standard InChI is InChI=1S/C40H31ClN6O6/c1-2-44-37(50)31-16-3-5-18-33(31)45(39(44)52)23-35(48)42-28-13-7-10-25(20-28)26-11-8-15-30(21-26)47-38(51)32-17-4-6-19-34(32)46(40(47)53)24-36(49)43-29-14-9-12-27(41)22-29/h3-22H,2,23-24H2,1H3,(H,42,48)(H,43,49). The van der Waals surface area contributed by atoms with Crippen LogP contribution in [0.5, 0.6) is 0 Å². The minimum atomic E-state index is -0.703. The van der Waals surface area contributed by atoms with E-state index in [1.165, 1.54) is 9.13 Å². The molecule has 13 heteroatoms. The summed E-state index contributed by atoms with van der Waals surface area (Å²) in [4.78, 5) is 80.2. The number of rotatable bonds is 9. The number of aromatic nitrogens is 4. The molecule has 264 valence electrons. The van der Waals surface area contributed by atoms with Gasteiger partial charge in [0.15, 0.2) is 0 Å². The second-order valence-electron chi connectivity index (χ2n) is 12.2. The van der Waals surface area contributed by atoms with E-state index in [1.54, 1.807) is 122 Å². The molecule has 0 bridgehead atoms. The molecule has 2 N–H and O–H groups in total. The molecule has 7 rings (SSSR count). The number of anilines is 2. The number of fused-ring (bicyclic) bond motifs is 2. The number of carbonyl (C=O) groups excluding carboxylic acids is 2. The molecule has 53 heavy (non-hydrogen) atoms. The smallest absolute Gasteiger partial charge is 0.325 e. The number of amides is 2. The van der Waals surface area contributed by atoms with Gasteiger partial charge in [-0.05, 0) is 84.8 Å². The van der Waals surface area contributed by atoms with Gasteiger partial charge in [0.25, 0.3) is 11.1 Å². The number of nitrogens with zero attached hydrogens (tertiary/aromatic N) is 4. The third kappa shape index (κ3) is 6.83. The molecule has 12 nitrogen and oxygen atoms in total. The van der Waals surface area contributed by atoms with Crippen LogP contribution in [0.15, 0.2) is 141 Å². The molecule has 0 saturated carbocycles. The lowest BCUT2D eigenvalue weighted by Crippen LogP contribution is -2.41. The summed E-state index contributed by atoms with van der Waals surface area (Å²) in [6.45, 7) is 1.16. The van der Waals surface area contributed by atoms with Crippen molar-refractivity contribution in [1.82, 2.24) is 18.3 Å². The Bertz CT molecular complexity index is 2840. The fraction of sp³-hybridized carbons (Fsp3) is 0.100. The lowest BCUT2D eigenvalue weighted by atomic mass is 10.0. The molecular weight excluding hydrogens is 696 g/mol. The zero-order chi connectivity index (χ0) is 37.2. The molecule has 0 unspecified atom stereocenters. The van der Waals surface area contributed by atoms with E-state index in [1.807, 2.05) is 6.07 Å². The first-order chi connectivity index (χ1) is 25.6. The van der Waals surface area contributed by atoms with Crippen LogP contribution in [0.2, 0.25) is 5.02 Å². The van der Waals surface area contributed by atoms with Gasteiger partial charge < -0.3 is 10.6 Å². The zero-order valence-electron chi connectivity index (χ0n) is 28.3. The molecule has 7 aromatic rings. The van der Waals surface area contributed by atoms with Crippen molar-refractivity contribution in [2.75, 3.05) is 10.6 Å². The van der Waals surface area contributed by atoms with E-state index in [4.69, 9.17) is 11.6 Å². The van der Waals surface area contributed by atoms with Crippen molar-refractivity contribution >= 4 is 56.6 Å². The highest BCUT2D eigenvalue weighted by molar-refractivity contribution is 6.30. The van der Waals surface area contributed by atoms with Gasteiger partial charge in [0.05, 0.1) is 27.5 Å². The van der Waals surface area contributed by atoms with Gasteiger partial charge in [-0.15, -0.1) is 0 Å². The summed E-state index contributed by atoms with van der Waals surface area (Å²) >= 11 is 6.07. The van der Waals surface area contributed by atoms with Crippen molar-refractivity contribution in [2.45, 2.75) is 26.6 Å². The SMILES string of the molecule is CCn1c(=O)c2ccccc2n(CC(=O)Nc2cccc(-c3cccc(-n4c(=O)c5ccccc5n(CC(=O)Nc5cccc(Cl)c5)c4=O)c3)c2)c1=O. The van der Waals surface area contributed by atoms with E-state index in [-0.39, 0.29) is 30.7 Å². The molecule has 0 atom stereocenters. The number of halogens is 1. The number of hydrogen-bond acceptors (Lipinski definition) is 6. The number of carbonyl (C=O) groups is 2. The summed E-state index contributed by atoms with van der Waals surface area (Å²) in [5.74, 6) is -0.963. The first-order valence-electron chi connectivity index (χ1n) is 16.7. The number of nitrogens with one attached hydrogen (secondary N) is 2. The van der Waals surface area contributed by atoms with Crippen molar-refractivity contribution in [2.24, 2.45) is 0 Å². The highest BCUT2D eigenvalue weighted by atomic mass is 35.5. The Morgan fingerprint density at radius 3 is 1.72 bits per heavy atom. The van der Waals surface area contributed by atoms with Crippen LogP contribution in [0.4, 0.5) is 11.4 Å². The van der Waals surface area contributed by atoms with Crippen LogP contribution in [0.1, 0.15) is 6.92 Å². The Morgan fingerprint density at radius 2 is 1.09 bits per heavy atom. The van der Waals surface area contributed by atoms with Gasteiger partial charge in [-0.3, -0.25) is 32.9 Å². The highest BCUT2D eigenvalue weighted by Crippen LogP contribution is 2.25. The Hall–Kier alpha value is -6.79. The van der Waals surface area contributed by atoms with E-state index in [2.05, 4.69) is 10.6 Å². The highest BCUT2D eigenvalue weighted by Gasteiger charge is 2.18. The third-order valence-corrected chi connectivity index (χ3v) is 9.03. The molecule has 0 aliphatic heterocycles. The number of hydrogen-bond donors (Lipinski definition) is 2. The molecule has 0 saturated heterocycles. The van der Waals surface area contributed by atoms with Crippen LogP contribution in [-0.2, 0) is 29.2 Å². The summed E-state index contributed by atoms with van der Waals surface area (Å²) < 4.78 is 4.65. The monoisotopic (exact) mass is 726 g/mol. The molecule has 0 spiro atoms. The van der Waals surface area contributed by atoms with Gasteiger partial charge in [-0.1, -0.05) is 66.2 Å². The van der Waals surface area contributed by atoms with Gasteiger partial charge in [0.2, 0.25) is 11.8 Å². The first-order valence-corrected chi connectivity index (χ1v) is 17.0. The molecule has 0 fully saturated rings. The predicted octanol–water partition coefficient (Wildman–Crippen LogP) is 5.25. The molecule has 0 aliphatic rings. The van der Waals surface area contributed by atoms with Crippen LogP contribution >= 0.6 is 11.6 Å². The van der Waals surface area contributed by atoms with E-state index in [0.29, 0.717) is 43.9 Å². The van der Waals surface area contributed by atoms with E-state index < -0.39 is 34.3 Å². The van der Waals surface area contributed by atoms with Crippen molar-refractivity contribution in [1.29, 1.82) is 0 Å². The normalized spacial score (nSPS) is 11.1. The van der Waals surface area contributed by atoms with Gasteiger partial charge in [-0.25, -0.2) is 14.2 Å². The van der Waals surface area contributed by atoms with E-state index in [9.17, 15) is 28.8 Å². The molecule has 0 aliphatic carbocycles. The maximum atomic E-state index is 14.0. The molecular formula is C40H31ClN6O6. The van der Waals surface area contributed by atoms with Gasteiger partial charge in [-0.2, -0.15) is 0 Å². The second-order valence-corrected chi connectivity index (χ2v) is 12.6. The molecule has 2 aromatic heterocycles. The van der Waals surface area contributed by atoms with Crippen LogP contribution in [-0.4, -0.2) is 30.1 Å². The molecule has 0 radical (unpaired) electrons. The number of para-hydroxylation sites is 2. The van der Waals surface area contributed by atoms with Gasteiger partial charge >= 0.3 is 11.4 Å². The lowest BCUT2D eigenvalue weighted by molar-refractivity contribution is -0.117. The Labute approximate surface area is 305 Å². The second kappa shape index (κ2) is 14.4. The summed E-state index contributed by atoms with van der Waals surface area (Å²) in [7, 11) is 0. The fourth-order valence-corrected chi connectivity index (χ4v) is 6.55. The van der Waals surface area contributed by atoms with Gasteiger partial charge in [0.1, 0.15) is 13.1 Å². The minimum Gasteiger partial charge on any atom is -0.325 e. The molecule has 2 heterocycles. The topological polar surface area (TPSA) is 146 Å². The molecule has 5 aromatic carbocycles. The zero-order valence-corrected chi connectivity index (χ0v) is 29.0. The molecule has 2 amide bonds. The maximum absolute atomic E-state index is 14.0. The minimum absolute atomic E-state index is 0.156. The third-order valence-electron chi connectivity index (χ3n) is 8.79. The van der Waals surface area contributed by atoms with Gasteiger partial charge in [0, 0.05) is 22.9 Å². The van der Waals surface area contributed by atoms with Crippen molar-refractivity contribution in [3.8, 4) is 16.8 Å². The largest absolute Gasteiger partial charge is 0.336 e. The first kappa shape index (κ1) is 34.6. The maximum Gasteiger partial charge on any atom is 0.336 e. The summed E-state index contributed by atoms with van der Waals surface area (Å²) in [5.41, 5.74) is 0.907. The lowest BCUT2D eigenvalue weighted by Gasteiger charge is -2.15. The van der Waals surface area contributed by atoms with Crippen LogP contribution < -0.4 is 33.1 Å². The summed E-state index contributed by atoms with van der Waals surface area (Å²) in [6.07, 6.45) is 0. The fourth-order valence-electron chi connectivity index (χ4n) is 6.36. The number of benzene rings is 5. The average Bonchev–Trinajstić information content (AvgIpc) is 3.15. The summed E-state index contributed by atoms with van der Waals surface area (Å²) in [5, 5.41) is 6.61. The quantitative estimate of drug-likeness (QED) is 0.208. The average molecular weight is 727 g/mol. The Kier molecular flexibility index (Phi) is 9.44. The van der Waals surface area contributed by atoms with Crippen LogP contribution in [0.25, 0.3) is 38.6 Å².